The second kappa shape index (κ2) is 9.58. The van der Waals surface area contributed by atoms with Crippen molar-refractivity contribution in [3.8, 4) is 28.3 Å². The molecule has 8 rings (SSSR count). The van der Waals surface area contributed by atoms with Crippen LogP contribution in [0.15, 0.2) is 121 Å². The fourth-order valence-electron chi connectivity index (χ4n) is 8.33. The van der Waals surface area contributed by atoms with Crippen LogP contribution in [-0.4, -0.2) is 5.54 Å². The van der Waals surface area contributed by atoms with Gasteiger partial charge in [0.2, 0.25) is 0 Å². The highest BCUT2D eigenvalue weighted by atomic mass is 15.3. The van der Waals surface area contributed by atoms with Crippen molar-refractivity contribution in [1.29, 1.82) is 5.26 Å². The van der Waals surface area contributed by atoms with Crippen molar-refractivity contribution in [2.24, 2.45) is 0 Å². The summed E-state index contributed by atoms with van der Waals surface area (Å²) in [6, 6.07) is 46.3. The van der Waals surface area contributed by atoms with Gasteiger partial charge < -0.3 is 4.90 Å². The average Bonchev–Trinajstić information content (AvgIpc) is 3.26. The van der Waals surface area contributed by atoms with E-state index in [1.165, 1.54) is 80.0 Å². The third-order valence-electron chi connectivity index (χ3n) is 10.6. The average molecular weight is 555 g/mol. The topological polar surface area (TPSA) is 27.0 Å². The molecule has 2 atom stereocenters. The minimum atomic E-state index is -0.0400. The third-order valence-corrected chi connectivity index (χ3v) is 10.6. The number of nitriles is 1. The van der Waals surface area contributed by atoms with Crippen LogP contribution >= 0.6 is 0 Å². The normalized spacial score (nSPS) is 21.0. The van der Waals surface area contributed by atoms with Crippen molar-refractivity contribution >= 4 is 32.9 Å². The molecule has 0 aromatic heterocycles. The summed E-state index contributed by atoms with van der Waals surface area (Å²) in [5.74, 6) is 0. The van der Waals surface area contributed by atoms with Gasteiger partial charge in [0.25, 0.3) is 0 Å². The van der Waals surface area contributed by atoms with Gasteiger partial charge in [-0.05, 0) is 106 Å². The molecule has 43 heavy (non-hydrogen) atoms. The van der Waals surface area contributed by atoms with E-state index in [1.807, 2.05) is 12.1 Å². The van der Waals surface area contributed by atoms with Crippen LogP contribution in [-0.2, 0) is 5.41 Å². The number of hydrogen-bond acceptors (Lipinski definition) is 2. The van der Waals surface area contributed by atoms with Crippen LogP contribution in [0.3, 0.4) is 0 Å². The monoisotopic (exact) mass is 554 g/mol. The predicted molar refractivity (Wildman–Crippen MR) is 180 cm³/mol. The molecule has 1 heterocycles. The van der Waals surface area contributed by atoms with Crippen LogP contribution in [0.1, 0.15) is 50.7 Å². The van der Waals surface area contributed by atoms with Crippen LogP contribution in [0, 0.1) is 11.3 Å². The van der Waals surface area contributed by atoms with Crippen LogP contribution in [0.4, 0.5) is 11.4 Å². The summed E-state index contributed by atoms with van der Waals surface area (Å²) in [6.07, 6.45) is 4.79. The summed E-state index contributed by atoms with van der Waals surface area (Å²) in [7, 11) is 0. The molecule has 2 nitrogen and oxygen atoms in total. The summed E-state index contributed by atoms with van der Waals surface area (Å²) in [5, 5.41) is 14.6. The lowest BCUT2D eigenvalue weighted by atomic mass is 9.61. The van der Waals surface area contributed by atoms with Crippen molar-refractivity contribution in [2.75, 3.05) is 4.90 Å². The van der Waals surface area contributed by atoms with Gasteiger partial charge in [0.05, 0.1) is 17.2 Å². The van der Waals surface area contributed by atoms with Crippen molar-refractivity contribution in [3.63, 3.8) is 0 Å². The molecule has 0 amide bonds. The molecule has 2 aliphatic rings. The van der Waals surface area contributed by atoms with Gasteiger partial charge in [-0.25, -0.2) is 0 Å². The third kappa shape index (κ3) is 3.64. The van der Waals surface area contributed by atoms with E-state index >= 15 is 0 Å². The minimum Gasteiger partial charge on any atom is -0.334 e. The predicted octanol–water partition coefficient (Wildman–Crippen LogP) is 10.9. The van der Waals surface area contributed by atoms with E-state index in [4.69, 9.17) is 0 Å². The fraction of sp³-hybridized carbons (Fsp3) is 0.195. The summed E-state index contributed by atoms with van der Waals surface area (Å²) in [4.78, 5) is 2.58. The van der Waals surface area contributed by atoms with E-state index in [2.05, 4.69) is 134 Å². The van der Waals surface area contributed by atoms with Gasteiger partial charge in [-0.3, -0.25) is 0 Å². The van der Waals surface area contributed by atoms with Gasteiger partial charge in [-0.1, -0.05) is 105 Å². The highest BCUT2D eigenvalue weighted by molar-refractivity contribution is 6.21. The molecule has 0 N–H and O–H groups in total. The van der Waals surface area contributed by atoms with Crippen LogP contribution in [0.2, 0.25) is 0 Å². The fourth-order valence-corrected chi connectivity index (χ4v) is 8.33. The summed E-state index contributed by atoms with van der Waals surface area (Å²) < 4.78 is 0. The summed E-state index contributed by atoms with van der Waals surface area (Å²) in [6.45, 7) is 4.95. The Morgan fingerprint density at radius 3 is 1.77 bits per heavy atom. The van der Waals surface area contributed by atoms with E-state index in [1.54, 1.807) is 0 Å². The van der Waals surface area contributed by atoms with Gasteiger partial charge >= 0.3 is 0 Å². The number of anilines is 2. The minimum absolute atomic E-state index is 0.0140. The van der Waals surface area contributed by atoms with E-state index in [9.17, 15) is 5.26 Å². The maximum absolute atomic E-state index is 9.44. The van der Waals surface area contributed by atoms with Crippen molar-refractivity contribution < 1.29 is 0 Å². The molecule has 6 aromatic rings. The highest BCUT2D eigenvalue weighted by Gasteiger charge is 2.57. The zero-order chi connectivity index (χ0) is 29.2. The molecule has 6 aromatic carbocycles. The standard InChI is InChI=1S/C41H34N2/c1-40-24-10-11-25-41(40,2)43(31-21-18-28(27-42)19-22-31)37-23-20-30(26-36(37)40)39-34-16-8-6-14-32(34)38(29-12-4-3-5-13-29)33-15-7-9-17-35(33)39/h3-9,12-23,26H,10-11,24-25H2,1-2H3. The van der Waals surface area contributed by atoms with Crippen LogP contribution < -0.4 is 4.90 Å². The maximum Gasteiger partial charge on any atom is 0.0991 e. The maximum atomic E-state index is 9.44. The molecule has 1 fully saturated rings. The SMILES string of the molecule is CC12CCCCC1(C)N(c1ccc(C#N)cc1)c1ccc(-c3c4ccccc4c(-c4ccccc4)c4ccccc34)cc12. The quantitative estimate of drug-likeness (QED) is 0.203. The first kappa shape index (κ1) is 25.8. The van der Waals surface area contributed by atoms with E-state index in [0.29, 0.717) is 5.56 Å². The Morgan fingerprint density at radius 1 is 0.605 bits per heavy atom. The van der Waals surface area contributed by atoms with Crippen LogP contribution in [0.5, 0.6) is 0 Å². The highest BCUT2D eigenvalue weighted by Crippen LogP contribution is 2.61. The lowest BCUT2D eigenvalue weighted by Crippen LogP contribution is -2.54. The molecular weight excluding hydrogens is 520 g/mol. The first-order chi connectivity index (χ1) is 21.0. The Balaban J connectivity index is 1.40. The molecule has 208 valence electrons. The number of benzene rings is 6. The van der Waals surface area contributed by atoms with E-state index in [-0.39, 0.29) is 11.0 Å². The molecule has 1 saturated carbocycles. The van der Waals surface area contributed by atoms with Crippen molar-refractivity contribution in [2.45, 2.75) is 50.5 Å². The lowest BCUT2D eigenvalue weighted by molar-refractivity contribution is 0.195. The molecule has 2 heteroatoms. The van der Waals surface area contributed by atoms with E-state index < -0.39 is 0 Å². The van der Waals surface area contributed by atoms with Crippen LogP contribution in [0.25, 0.3) is 43.8 Å². The lowest BCUT2D eigenvalue weighted by Gasteiger charge is -2.50. The Labute approximate surface area is 253 Å². The molecule has 0 spiro atoms. The zero-order valence-electron chi connectivity index (χ0n) is 24.8. The number of nitrogens with zero attached hydrogens (tertiary/aromatic N) is 2. The largest absolute Gasteiger partial charge is 0.334 e. The molecule has 0 saturated heterocycles. The van der Waals surface area contributed by atoms with Gasteiger partial charge in [0.1, 0.15) is 0 Å². The van der Waals surface area contributed by atoms with Gasteiger partial charge in [-0.15, -0.1) is 0 Å². The Hall–Kier alpha value is -4.87. The zero-order valence-corrected chi connectivity index (χ0v) is 24.8. The van der Waals surface area contributed by atoms with Gasteiger partial charge in [-0.2, -0.15) is 5.26 Å². The smallest absolute Gasteiger partial charge is 0.0991 e. The number of hydrogen-bond donors (Lipinski definition) is 0. The first-order valence-corrected chi connectivity index (χ1v) is 15.5. The molecular formula is C41H34N2. The molecule has 0 radical (unpaired) electrons. The number of rotatable bonds is 3. The molecule has 1 aliphatic heterocycles. The summed E-state index contributed by atoms with van der Waals surface area (Å²) >= 11 is 0. The Bertz CT molecular complexity index is 2010. The first-order valence-electron chi connectivity index (χ1n) is 15.5. The second-order valence-electron chi connectivity index (χ2n) is 12.7. The number of fused-ring (bicyclic) bond motifs is 5. The Morgan fingerprint density at radius 2 is 1.16 bits per heavy atom. The molecule has 1 aliphatic carbocycles. The Kier molecular flexibility index (Phi) is 5.75. The van der Waals surface area contributed by atoms with Crippen molar-refractivity contribution in [1.82, 2.24) is 0 Å². The second-order valence-corrected chi connectivity index (χ2v) is 12.7. The van der Waals surface area contributed by atoms with Gasteiger partial charge in [0.15, 0.2) is 0 Å². The molecule has 2 unspecified atom stereocenters. The van der Waals surface area contributed by atoms with E-state index in [0.717, 1.165) is 6.42 Å². The van der Waals surface area contributed by atoms with Crippen molar-refractivity contribution in [3.05, 3.63) is 132 Å². The molecule has 0 bridgehead atoms. The van der Waals surface area contributed by atoms with Gasteiger partial charge in [0, 0.05) is 16.8 Å². The summed E-state index contributed by atoms with van der Waals surface area (Å²) in [5.41, 5.74) is 9.73.